The maximum atomic E-state index is 13.1. The quantitative estimate of drug-likeness (QED) is 0.471. The molecule has 9 heteroatoms. The number of hydrogen-bond acceptors (Lipinski definition) is 6. The van der Waals surface area contributed by atoms with E-state index in [-0.39, 0.29) is 18.5 Å². The zero-order chi connectivity index (χ0) is 22.1. The Morgan fingerprint density at radius 3 is 2.71 bits per heavy atom. The highest BCUT2D eigenvalue weighted by Crippen LogP contribution is 2.30. The summed E-state index contributed by atoms with van der Waals surface area (Å²) in [6.07, 6.45) is 6.00. The van der Waals surface area contributed by atoms with E-state index in [1.54, 1.807) is 6.20 Å². The first-order valence-corrected chi connectivity index (χ1v) is 12.4. The van der Waals surface area contributed by atoms with Gasteiger partial charge < -0.3 is 14.7 Å². The number of aliphatic carboxylic acids is 1. The van der Waals surface area contributed by atoms with E-state index >= 15 is 0 Å². The summed E-state index contributed by atoms with van der Waals surface area (Å²) in [5, 5.41) is 12.2. The predicted molar refractivity (Wildman–Crippen MR) is 124 cm³/mol. The van der Waals surface area contributed by atoms with Crippen LogP contribution in [0.2, 0.25) is 0 Å². The van der Waals surface area contributed by atoms with Crippen LogP contribution in [0.3, 0.4) is 0 Å². The molecule has 1 aromatic carbocycles. The van der Waals surface area contributed by atoms with Crippen molar-refractivity contribution in [3.63, 3.8) is 0 Å². The van der Waals surface area contributed by atoms with Crippen molar-refractivity contribution in [3.8, 4) is 5.75 Å². The second-order valence-electron chi connectivity index (χ2n) is 7.68. The Hall–Kier alpha value is -2.26. The number of para-hydroxylation sites is 1. The van der Waals surface area contributed by atoms with E-state index in [0.717, 1.165) is 35.6 Å². The Balaban J connectivity index is 1.57. The number of carbonyl (C=O) groups excluding carboxylic acids is 1. The minimum Gasteiger partial charge on any atom is -0.492 e. The van der Waals surface area contributed by atoms with Gasteiger partial charge in [-0.2, -0.15) is 0 Å². The van der Waals surface area contributed by atoms with Gasteiger partial charge in [-0.05, 0) is 43.7 Å². The van der Waals surface area contributed by atoms with E-state index < -0.39 is 5.97 Å². The SMILES string of the molecule is C[C@H]1CC[C@H](N(CCOc2ccccc2)C(=O)Nc2ncc(SCCC(=O)O)s2)CC1. The van der Waals surface area contributed by atoms with Gasteiger partial charge in [-0.25, -0.2) is 9.78 Å². The van der Waals surface area contributed by atoms with Crippen LogP contribution in [-0.2, 0) is 4.79 Å². The van der Waals surface area contributed by atoms with E-state index in [1.807, 2.05) is 35.2 Å². The van der Waals surface area contributed by atoms with Gasteiger partial charge in [0.15, 0.2) is 5.13 Å². The lowest BCUT2D eigenvalue weighted by Gasteiger charge is -2.36. The maximum Gasteiger partial charge on any atom is 0.324 e. The Morgan fingerprint density at radius 1 is 1.26 bits per heavy atom. The first-order valence-electron chi connectivity index (χ1n) is 10.6. The van der Waals surface area contributed by atoms with Crippen LogP contribution in [0.4, 0.5) is 9.93 Å². The number of rotatable bonds is 10. The largest absolute Gasteiger partial charge is 0.492 e. The molecule has 0 spiro atoms. The van der Waals surface area contributed by atoms with Crippen molar-refractivity contribution in [2.75, 3.05) is 24.2 Å². The third-order valence-corrected chi connectivity index (χ3v) is 7.40. The molecule has 0 bridgehead atoms. The average molecular weight is 464 g/mol. The number of nitrogens with one attached hydrogen (secondary N) is 1. The molecule has 0 saturated heterocycles. The van der Waals surface area contributed by atoms with Gasteiger partial charge in [-0.15, -0.1) is 11.8 Å². The summed E-state index contributed by atoms with van der Waals surface area (Å²) >= 11 is 2.80. The number of benzene rings is 1. The van der Waals surface area contributed by atoms with E-state index in [0.29, 0.717) is 30.0 Å². The number of carboxylic acid groups (broad SMARTS) is 1. The number of carbonyl (C=O) groups is 2. The molecule has 7 nitrogen and oxygen atoms in total. The summed E-state index contributed by atoms with van der Waals surface area (Å²) in [6, 6.07) is 9.65. The van der Waals surface area contributed by atoms with Crippen molar-refractivity contribution in [1.82, 2.24) is 9.88 Å². The number of thioether (sulfide) groups is 1. The molecule has 0 aliphatic heterocycles. The maximum absolute atomic E-state index is 13.1. The van der Waals surface area contributed by atoms with Crippen LogP contribution in [-0.4, -0.2) is 51.9 Å². The van der Waals surface area contributed by atoms with Gasteiger partial charge in [-0.1, -0.05) is 36.5 Å². The van der Waals surface area contributed by atoms with Gasteiger partial charge in [0.05, 0.1) is 23.4 Å². The lowest BCUT2D eigenvalue weighted by Crippen LogP contribution is -2.46. The topological polar surface area (TPSA) is 91.8 Å². The number of amides is 2. The van der Waals surface area contributed by atoms with Gasteiger partial charge in [0.2, 0.25) is 0 Å². The molecule has 1 heterocycles. The van der Waals surface area contributed by atoms with Crippen molar-refractivity contribution < 1.29 is 19.4 Å². The second kappa shape index (κ2) is 12.0. The fourth-order valence-corrected chi connectivity index (χ4v) is 5.44. The Kier molecular flexibility index (Phi) is 9.02. The normalized spacial score (nSPS) is 18.4. The molecule has 1 aliphatic carbocycles. The number of nitrogens with zero attached hydrogens (tertiary/aromatic N) is 2. The highest BCUT2D eigenvalue weighted by molar-refractivity contribution is 8.01. The number of carboxylic acids is 1. The van der Waals surface area contributed by atoms with Crippen molar-refractivity contribution in [1.29, 1.82) is 0 Å². The van der Waals surface area contributed by atoms with Crippen LogP contribution < -0.4 is 10.1 Å². The monoisotopic (exact) mass is 463 g/mol. The Bertz CT molecular complexity index is 838. The number of hydrogen-bond donors (Lipinski definition) is 2. The summed E-state index contributed by atoms with van der Waals surface area (Å²) in [6.45, 7) is 3.20. The highest BCUT2D eigenvalue weighted by Gasteiger charge is 2.28. The van der Waals surface area contributed by atoms with Gasteiger partial charge in [0, 0.05) is 11.8 Å². The molecule has 168 valence electrons. The Morgan fingerprint density at radius 2 is 2.00 bits per heavy atom. The van der Waals surface area contributed by atoms with E-state index in [1.165, 1.54) is 23.1 Å². The molecule has 3 rings (SSSR count). The van der Waals surface area contributed by atoms with Gasteiger partial charge in [0.25, 0.3) is 0 Å². The first kappa shape index (κ1) is 23.4. The van der Waals surface area contributed by atoms with Gasteiger partial charge in [0.1, 0.15) is 12.4 Å². The van der Waals surface area contributed by atoms with Crippen LogP contribution >= 0.6 is 23.1 Å². The predicted octanol–water partition coefficient (Wildman–Crippen LogP) is 5.20. The molecule has 1 aliphatic rings. The summed E-state index contributed by atoms with van der Waals surface area (Å²) in [5.74, 6) is 1.16. The van der Waals surface area contributed by atoms with Crippen molar-refractivity contribution in [2.24, 2.45) is 5.92 Å². The van der Waals surface area contributed by atoms with E-state index in [2.05, 4.69) is 17.2 Å². The smallest absolute Gasteiger partial charge is 0.324 e. The third-order valence-electron chi connectivity index (χ3n) is 5.29. The molecule has 0 radical (unpaired) electrons. The summed E-state index contributed by atoms with van der Waals surface area (Å²) in [7, 11) is 0. The van der Waals surface area contributed by atoms with Crippen molar-refractivity contribution >= 4 is 40.2 Å². The highest BCUT2D eigenvalue weighted by atomic mass is 32.2. The molecule has 31 heavy (non-hydrogen) atoms. The van der Waals surface area contributed by atoms with Crippen LogP contribution in [0.1, 0.15) is 39.0 Å². The molecule has 1 fully saturated rings. The fourth-order valence-electron chi connectivity index (χ4n) is 3.57. The lowest BCUT2D eigenvalue weighted by atomic mass is 9.86. The molecule has 2 N–H and O–H groups in total. The molecular formula is C22H29N3O4S2. The molecule has 2 aromatic rings. The molecule has 1 aromatic heterocycles. The number of ether oxygens (including phenoxy) is 1. The minimum absolute atomic E-state index is 0.0968. The molecule has 2 amide bonds. The number of thiazole rings is 1. The first-order chi connectivity index (χ1) is 15.0. The summed E-state index contributed by atoms with van der Waals surface area (Å²) in [4.78, 5) is 29.9. The van der Waals surface area contributed by atoms with Crippen LogP contribution in [0.15, 0.2) is 40.7 Å². The zero-order valence-corrected chi connectivity index (χ0v) is 19.3. The standard InChI is InChI=1S/C22H29N3O4S2/c1-16-7-9-17(10-8-16)25(12-13-29-18-5-3-2-4-6-18)22(28)24-21-23-15-20(31-21)30-14-11-19(26)27/h2-6,15-17H,7-14H2,1H3,(H,26,27)(H,23,24,28)/t16-,17-. The average Bonchev–Trinajstić information content (AvgIpc) is 3.19. The van der Waals surface area contributed by atoms with Crippen LogP contribution in [0.5, 0.6) is 5.75 Å². The third kappa shape index (κ3) is 7.74. The van der Waals surface area contributed by atoms with Crippen molar-refractivity contribution in [3.05, 3.63) is 36.5 Å². The molecule has 0 atom stereocenters. The number of anilines is 1. The number of aromatic nitrogens is 1. The zero-order valence-electron chi connectivity index (χ0n) is 17.7. The van der Waals surface area contributed by atoms with Crippen LogP contribution in [0.25, 0.3) is 0 Å². The van der Waals surface area contributed by atoms with E-state index in [9.17, 15) is 9.59 Å². The van der Waals surface area contributed by atoms with Gasteiger partial charge in [-0.3, -0.25) is 10.1 Å². The summed E-state index contributed by atoms with van der Waals surface area (Å²) in [5.41, 5.74) is 0. The second-order valence-corrected chi connectivity index (χ2v) is 10.1. The molecular weight excluding hydrogens is 434 g/mol. The van der Waals surface area contributed by atoms with Crippen LogP contribution in [0, 0.1) is 5.92 Å². The molecule has 1 saturated carbocycles. The lowest BCUT2D eigenvalue weighted by molar-refractivity contribution is -0.136. The van der Waals surface area contributed by atoms with Crippen molar-refractivity contribution in [2.45, 2.75) is 49.3 Å². The van der Waals surface area contributed by atoms with Gasteiger partial charge >= 0.3 is 12.0 Å². The minimum atomic E-state index is -0.819. The molecule has 0 unspecified atom stereocenters. The number of urea groups is 1. The summed E-state index contributed by atoms with van der Waals surface area (Å²) < 4.78 is 6.72. The Labute approximate surface area is 191 Å². The van der Waals surface area contributed by atoms with E-state index in [4.69, 9.17) is 9.84 Å². The fraction of sp³-hybridized carbons (Fsp3) is 0.500.